The van der Waals surface area contributed by atoms with Crippen LogP contribution < -0.4 is 0 Å². The van der Waals surface area contributed by atoms with Gasteiger partial charge in [-0.25, -0.2) is 9.67 Å². The molecule has 23 heavy (non-hydrogen) atoms. The summed E-state index contributed by atoms with van der Waals surface area (Å²) in [4.78, 5) is 18.8. The molecule has 1 aliphatic heterocycles. The second kappa shape index (κ2) is 6.29. The molecule has 6 nitrogen and oxygen atoms in total. The lowest BCUT2D eigenvalue weighted by Gasteiger charge is -2.36. The Balaban J connectivity index is 1.91. The Labute approximate surface area is 140 Å². The highest BCUT2D eigenvalue weighted by Gasteiger charge is 2.30. The third-order valence-electron chi connectivity index (χ3n) is 3.91. The van der Waals surface area contributed by atoms with E-state index in [-0.39, 0.29) is 23.9 Å². The second-order valence-electron chi connectivity index (χ2n) is 5.80. The molecule has 122 valence electrons. The Hall–Kier alpha value is -1.92. The number of hydrogen-bond donors (Lipinski definition) is 0. The zero-order valence-corrected chi connectivity index (χ0v) is 14.1. The number of carbonyl (C=O) groups excluding carboxylic acids is 1. The number of rotatable bonds is 2. The molecule has 0 radical (unpaired) electrons. The standard InChI is InChI=1S/C16H19ClN4O2/c1-10-9-23-11(2)8-20(10)16(22)15-18-12(3)21(19-15)14-7-5-4-6-13(14)17/h4-7,10-11H,8-9H2,1-3H3. The molecule has 2 unspecified atom stereocenters. The molecule has 2 atom stereocenters. The fraction of sp³-hybridized carbons (Fsp3) is 0.438. The highest BCUT2D eigenvalue weighted by Crippen LogP contribution is 2.21. The predicted octanol–water partition coefficient (Wildman–Crippen LogP) is 2.48. The van der Waals surface area contributed by atoms with Gasteiger partial charge in [0.1, 0.15) is 5.82 Å². The van der Waals surface area contributed by atoms with Gasteiger partial charge in [-0.1, -0.05) is 23.7 Å². The van der Waals surface area contributed by atoms with E-state index in [1.165, 1.54) is 0 Å². The smallest absolute Gasteiger partial charge is 0.293 e. The lowest BCUT2D eigenvalue weighted by molar-refractivity contribution is -0.0391. The average Bonchev–Trinajstić information content (AvgIpc) is 2.91. The molecule has 1 amide bonds. The summed E-state index contributed by atoms with van der Waals surface area (Å²) in [5.74, 6) is 0.625. The van der Waals surface area contributed by atoms with Gasteiger partial charge in [0, 0.05) is 6.54 Å². The minimum atomic E-state index is -0.179. The second-order valence-corrected chi connectivity index (χ2v) is 6.20. The van der Waals surface area contributed by atoms with Crippen LogP contribution in [0.5, 0.6) is 0 Å². The van der Waals surface area contributed by atoms with E-state index in [0.29, 0.717) is 29.7 Å². The maximum Gasteiger partial charge on any atom is 0.293 e. The van der Waals surface area contributed by atoms with Crippen LogP contribution in [-0.4, -0.2) is 50.9 Å². The van der Waals surface area contributed by atoms with Crippen molar-refractivity contribution in [2.75, 3.05) is 13.2 Å². The van der Waals surface area contributed by atoms with Crippen LogP contribution in [0.15, 0.2) is 24.3 Å². The maximum atomic E-state index is 12.7. The molecule has 2 heterocycles. The van der Waals surface area contributed by atoms with Crippen molar-refractivity contribution in [2.24, 2.45) is 0 Å². The summed E-state index contributed by atoms with van der Waals surface area (Å²) in [6, 6.07) is 7.35. The van der Waals surface area contributed by atoms with Gasteiger partial charge in [0.15, 0.2) is 0 Å². The summed E-state index contributed by atoms with van der Waals surface area (Å²) in [6.07, 6.45) is 0.0156. The number of hydrogen-bond acceptors (Lipinski definition) is 4. The van der Waals surface area contributed by atoms with Gasteiger partial charge in [-0.2, -0.15) is 0 Å². The number of benzene rings is 1. The molecule has 0 saturated carbocycles. The predicted molar refractivity (Wildman–Crippen MR) is 87.0 cm³/mol. The highest BCUT2D eigenvalue weighted by atomic mass is 35.5. The normalized spacial score (nSPS) is 21.5. The number of aromatic nitrogens is 3. The van der Waals surface area contributed by atoms with Gasteiger partial charge in [-0.05, 0) is 32.9 Å². The van der Waals surface area contributed by atoms with Crippen LogP contribution in [0.25, 0.3) is 5.69 Å². The number of aryl methyl sites for hydroxylation is 1. The van der Waals surface area contributed by atoms with Gasteiger partial charge in [-0.3, -0.25) is 4.79 Å². The molecule has 0 N–H and O–H groups in total. The van der Waals surface area contributed by atoms with Gasteiger partial charge in [0.05, 0.1) is 29.5 Å². The van der Waals surface area contributed by atoms with Gasteiger partial charge in [0.2, 0.25) is 5.82 Å². The lowest BCUT2D eigenvalue weighted by atomic mass is 10.2. The highest BCUT2D eigenvalue weighted by molar-refractivity contribution is 6.32. The van der Waals surface area contributed by atoms with Crippen LogP contribution in [-0.2, 0) is 4.74 Å². The number of carbonyl (C=O) groups is 1. The Morgan fingerprint density at radius 2 is 2.09 bits per heavy atom. The Morgan fingerprint density at radius 3 is 2.83 bits per heavy atom. The van der Waals surface area contributed by atoms with Crippen LogP contribution in [0.2, 0.25) is 5.02 Å². The molecule has 1 aromatic heterocycles. The molecule has 0 spiro atoms. The van der Waals surface area contributed by atoms with Gasteiger partial charge >= 0.3 is 0 Å². The monoisotopic (exact) mass is 334 g/mol. The van der Waals surface area contributed by atoms with E-state index in [9.17, 15) is 4.79 Å². The summed E-state index contributed by atoms with van der Waals surface area (Å²) in [6.45, 7) is 6.78. The van der Waals surface area contributed by atoms with E-state index in [2.05, 4.69) is 10.1 Å². The summed E-state index contributed by atoms with van der Waals surface area (Å²) < 4.78 is 7.16. The molecule has 0 bridgehead atoms. The molecular formula is C16H19ClN4O2. The number of morpholine rings is 1. The first-order chi connectivity index (χ1) is 11.0. The summed E-state index contributed by atoms with van der Waals surface area (Å²) in [5.41, 5.74) is 0.710. The summed E-state index contributed by atoms with van der Waals surface area (Å²) >= 11 is 6.21. The molecule has 1 fully saturated rings. The SMILES string of the molecule is Cc1nc(C(=O)N2CC(C)OCC2C)nn1-c1ccccc1Cl. The topological polar surface area (TPSA) is 60.3 Å². The lowest BCUT2D eigenvalue weighted by Crippen LogP contribution is -2.50. The van der Waals surface area contributed by atoms with Crippen molar-refractivity contribution >= 4 is 17.5 Å². The Kier molecular flexibility index (Phi) is 4.37. The largest absolute Gasteiger partial charge is 0.375 e. The molecular weight excluding hydrogens is 316 g/mol. The molecule has 1 aliphatic rings. The van der Waals surface area contributed by atoms with Crippen molar-refractivity contribution in [3.8, 4) is 5.69 Å². The van der Waals surface area contributed by atoms with Crippen LogP contribution in [0.3, 0.4) is 0 Å². The van der Waals surface area contributed by atoms with E-state index in [1.807, 2.05) is 32.0 Å². The van der Waals surface area contributed by atoms with Crippen LogP contribution in [0.4, 0.5) is 0 Å². The van der Waals surface area contributed by atoms with E-state index < -0.39 is 0 Å². The molecule has 7 heteroatoms. The fourth-order valence-corrected chi connectivity index (χ4v) is 2.86. The van der Waals surface area contributed by atoms with Crippen molar-refractivity contribution in [3.63, 3.8) is 0 Å². The third kappa shape index (κ3) is 3.09. The summed E-state index contributed by atoms with van der Waals surface area (Å²) in [5, 5.41) is 4.93. The van der Waals surface area contributed by atoms with Crippen molar-refractivity contribution in [2.45, 2.75) is 32.9 Å². The zero-order valence-electron chi connectivity index (χ0n) is 13.4. The molecule has 0 aliphatic carbocycles. The maximum absolute atomic E-state index is 12.7. The fourth-order valence-electron chi connectivity index (χ4n) is 2.65. The number of nitrogens with zero attached hydrogens (tertiary/aromatic N) is 4. The number of halogens is 1. The Morgan fingerprint density at radius 1 is 1.35 bits per heavy atom. The van der Waals surface area contributed by atoms with Gasteiger partial charge in [0.25, 0.3) is 5.91 Å². The molecule has 1 saturated heterocycles. The first kappa shape index (κ1) is 16.0. The van der Waals surface area contributed by atoms with Crippen LogP contribution >= 0.6 is 11.6 Å². The van der Waals surface area contributed by atoms with Crippen molar-refractivity contribution in [3.05, 3.63) is 40.9 Å². The minimum Gasteiger partial charge on any atom is -0.375 e. The zero-order chi connectivity index (χ0) is 16.6. The van der Waals surface area contributed by atoms with E-state index in [1.54, 1.807) is 22.6 Å². The third-order valence-corrected chi connectivity index (χ3v) is 4.23. The molecule has 3 rings (SSSR count). The van der Waals surface area contributed by atoms with Gasteiger partial charge in [-0.15, -0.1) is 5.10 Å². The first-order valence-corrected chi connectivity index (χ1v) is 7.96. The van der Waals surface area contributed by atoms with Gasteiger partial charge < -0.3 is 9.64 Å². The van der Waals surface area contributed by atoms with E-state index in [0.717, 1.165) is 0 Å². The van der Waals surface area contributed by atoms with Crippen molar-refractivity contribution < 1.29 is 9.53 Å². The number of para-hydroxylation sites is 1. The first-order valence-electron chi connectivity index (χ1n) is 7.58. The summed E-state index contributed by atoms with van der Waals surface area (Å²) in [7, 11) is 0. The van der Waals surface area contributed by atoms with Crippen LogP contribution in [0, 0.1) is 6.92 Å². The van der Waals surface area contributed by atoms with Crippen LogP contribution in [0.1, 0.15) is 30.3 Å². The van der Waals surface area contributed by atoms with E-state index >= 15 is 0 Å². The number of amides is 1. The van der Waals surface area contributed by atoms with Crippen molar-refractivity contribution in [1.82, 2.24) is 19.7 Å². The molecule has 2 aromatic rings. The molecule has 1 aromatic carbocycles. The number of ether oxygens (including phenoxy) is 1. The minimum absolute atomic E-state index is 0.00580. The van der Waals surface area contributed by atoms with Crippen molar-refractivity contribution in [1.29, 1.82) is 0 Å². The Bertz CT molecular complexity index is 731. The van der Waals surface area contributed by atoms with E-state index in [4.69, 9.17) is 16.3 Å². The average molecular weight is 335 g/mol. The quantitative estimate of drug-likeness (QED) is 0.846.